The first-order valence-corrected chi connectivity index (χ1v) is 7.12. The minimum absolute atomic E-state index is 0.277. The third-order valence-corrected chi connectivity index (χ3v) is 3.49. The minimum Gasteiger partial charge on any atom is -0.478 e. The molecule has 0 atom stereocenters. The first-order valence-electron chi connectivity index (χ1n) is 6.14. The van der Waals surface area contributed by atoms with E-state index in [2.05, 4.69) is 15.5 Å². The molecule has 1 aromatic carbocycles. The number of thioether (sulfide) groups is 1. The fourth-order valence-corrected chi connectivity index (χ4v) is 2.59. The van der Waals surface area contributed by atoms with Gasteiger partial charge in [-0.25, -0.2) is 4.79 Å². The number of aromatic nitrogens is 2. The zero-order valence-electron chi connectivity index (χ0n) is 11.2. The average molecular weight is 293 g/mol. The molecule has 0 bridgehead atoms. The fourth-order valence-electron chi connectivity index (χ4n) is 1.76. The standard InChI is InChI=1S/C13H15N3O3S/c1-3-20-10-6-4-5-9(12(10)13(17)18)14-7-11-15-8(2)19-16-11/h4-6,14H,3,7H2,1-2H3,(H,17,18). The van der Waals surface area contributed by atoms with Crippen LogP contribution in [0.5, 0.6) is 0 Å². The van der Waals surface area contributed by atoms with Gasteiger partial charge in [0.1, 0.15) is 0 Å². The van der Waals surface area contributed by atoms with Crippen molar-refractivity contribution in [1.29, 1.82) is 0 Å². The van der Waals surface area contributed by atoms with Crippen molar-refractivity contribution >= 4 is 23.4 Å². The zero-order chi connectivity index (χ0) is 14.5. The Balaban J connectivity index is 2.22. The van der Waals surface area contributed by atoms with E-state index in [1.807, 2.05) is 13.0 Å². The first kappa shape index (κ1) is 14.4. The van der Waals surface area contributed by atoms with Crippen molar-refractivity contribution in [3.05, 3.63) is 35.5 Å². The molecule has 0 amide bonds. The lowest BCUT2D eigenvalue weighted by atomic mass is 10.2. The Morgan fingerprint density at radius 1 is 1.50 bits per heavy atom. The molecular formula is C13H15N3O3S. The summed E-state index contributed by atoms with van der Waals surface area (Å²) in [5.41, 5.74) is 0.831. The smallest absolute Gasteiger partial charge is 0.338 e. The van der Waals surface area contributed by atoms with Crippen molar-refractivity contribution in [3.63, 3.8) is 0 Å². The number of benzene rings is 1. The molecule has 7 heteroatoms. The van der Waals surface area contributed by atoms with Gasteiger partial charge in [0, 0.05) is 11.8 Å². The summed E-state index contributed by atoms with van der Waals surface area (Å²) in [6, 6.07) is 5.37. The largest absolute Gasteiger partial charge is 0.478 e. The second-order valence-corrected chi connectivity index (χ2v) is 5.31. The van der Waals surface area contributed by atoms with Crippen molar-refractivity contribution < 1.29 is 14.4 Å². The third kappa shape index (κ3) is 3.30. The van der Waals surface area contributed by atoms with Crippen molar-refractivity contribution in [1.82, 2.24) is 10.1 Å². The maximum Gasteiger partial charge on any atom is 0.338 e. The van der Waals surface area contributed by atoms with E-state index in [0.717, 1.165) is 10.6 Å². The molecule has 2 rings (SSSR count). The highest BCUT2D eigenvalue weighted by Gasteiger charge is 2.15. The molecular weight excluding hydrogens is 278 g/mol. The van der Waals surface area contributed by atoms with Crippen LogP contribution in [0.1, 0.15) is 29.0 Å². The van der Waals surface area contributed by atoms with Crippen LogP contribution >= 0.6 is 11.8 Å². The minimum atomic E-state index is -0.951. The molecule has 2 N–H and O–H groups in total. The molecule has 2 aromatic rings. The number of nitrogens with one attached hydrogen (secondary N) is 1. The van der Waals surface area contributed by atoms with E-state index in [1.165, 1.54) is 11.8 Å². The monoisotopic (exact) mass is 293 g/mol. The summed E-state index contributed by atoms with van der Waals surface area (Å²) in [6.07, 6.45) is 0. The summed E-state index contributed by atoms with van der Waals surface area (Å²) < 4.78 is 4.87. The molecule has 0 saturated carbocycles. The number of aromatic carboxylic acids is 1. The van der Waals surface area contributed by atoms with Crippen molar-refractivity contribution in [2.24, 2.45) is 0 Å². The van der Waals surface area contributed by atoms with Crippen LogP contribution < -0.4 is 5.32 Å². The van der Waals surface area contributed by atoms with Gasteiger partial charge in [-0.2, -0.15) is 4.98 Å². The number of hydrogen-bond acceptors (Lipinski definition) is 6. The Bertz CT molecular complexity index is 613. The molecule has 0 unspecified atom stereocenters. The first-order chi connectivity index (χ1) is 9.61. The molecule has 106 valence electrons. The lowest BCUT2D eigenvalue weighted by Crippen LogP contribution is -2.08. The summed E-state index contributed by atoms with van der Waals surface area (Å²) in [4.78, 5) is 16.2. The Morgan fingerprint density at radius 2 is 2.30 bits per heavy atom. The highest BCUT2D eigenvalue weighted by atomic mass is 32.2. The molecule has 0 aliphatic heterocycles. The van der Waals surface area contributed by atoms with Gasteiger partial charge in [-0.3, -0.25) is 0 Å². The zero-order valence-corrected chi connectivity index (χ0v) is 12.0. The highest BCUT2D eigenvalue weighted by molar-refractivity contribution is 7.99. The van der Waals surface area contributed by atoms with Gasteiger partial charge in [0.05, 0.1) is 17.8 Å². The van der Waals surface area contributed by atoms with Crippen LogP contribution in [0, 0.1) is 6.92 Å². The summed E-state index contributed by atoms with van der Waals surface area (Å²) in [5, 5.41) is 16.2. The molecule has 1 heterocycles. The van der Waals surface area contributed by atoms with E-state index in [-0.39, 0.29) is 5.56 Å². The number of nitrogens with zero attached hydrogens (tertiary/aromatic N) is 2. The maximum atomic E-state index is 11.4. The molecule has 0 saturated heterocycles. The lowest BCUT2D eigenvalue weighted by Gasteiger charge is -2.11. The molecule has 0 spiro atoms. The molecule has 0 fully saturated rings. The van der Waals surface area contributed by atoms with Gasteiger partial charge in [0.25, 0.3) is 0 Å². The summed E-state index contributed by atoms with van der Waals surface area (Å²) in [6.45, 7) is 4.01. The van der Waals surface area contributed by atoms with Crippen LogP contribution in [0.25, 0.3) is 0 Å². The van der Waals surface area contributed by atoms with E-state index >= 15 is 0 Å². The number of carboxylic acids is 1. The van der Waals surface area contributed by atoms with E-state index in [4.69, 9.17) is 4.52 Å². The van der Waals surface area contributed by atoms with Crippen molar-refractivity contribution in [3.8, 4) is 0 Å². The summed E-state index contributed by atoms with van der Waals surface area (Å²) >= 11 is 1.50. The number of carboxylic acid groups (broad SMARTS) is 1. The van der Waals surface area contributed by atoms with E-state index < -0.39 is 5.97 Å². The normalized spacial score (nSPS) is 10.5. The number of aryl methyl sites for hydroxylation is 1. The highest BCUT2D eigenvalue weighted by Crippen LogP contribution is 2.28. The second-order valence-electron chi connectivity index (χ2n) is 4.00. The van der Waals surface area contributed by atoms with Crippen molar-refractivity contribution in [2.75, 3.05) is 11.1 Å². The summed E-state index contributed by atoms with van der Waals surface area (Å²) in [7, 11) is 0. The number of anilines is 1. The van der Waals surface area contributed by atoms with E-state index in [1.54, 1.807) is 19.1 Å². The predicted octanol–water partition coefficient (Wildman–Crippen LogP) is 2.80. The van der Waals surface area contributed by atoms with Gasteiger partial charge >= 0.3 is 5.97 Å². The van der Waals surface area contributed by atoms with Gasteiger partial charge in [0.2, 0.25) is 5.89 Å². The number of rotatable bonds is 6. The Kier molecular flexibility index (Phi) is 4.62. The van der Waals surface area contributed by atoms with Crippen LogP contribution in [0.3, 0.4) is 0 Å². The van der Waals surface area contributed by atoms with Crippen molar-refractivity contribution in [2.45, 2.75) is 25.3 Å². The van der Waals surface area contributed by atoms with Crippen LogP contribution in [0.2, 0.25) is 0 Å². The van der Waals surface area contributed by atoms with Crippen LogP contribution in [-0.2, 0) is 6.54 Å². The Morgan fingerprint density at radius 3 is 2.90 bits per heavy atom. The molecule has 1 aromatic heterocycles. The van der Waals surface area contributed by atoms with Crippen LogP contribution in [0.15, 0.2) is 27.6 Å². The summed E-state index contributed by atoms with van der Waals surface area (Å²) in [5.74, 6) is 0.838. The molecule has 0 aliphatic rings. The fraction of sp³-hybridized carbons (Fsp3) is 0.308. The van der Waals surface area contributed by atoms with Crippen LogP contribution in [-0.4, -0.2) is 27.0 Å². The van der Waals surface area contributed by atoms with Gasteiger partial charge in [0.15, 0.2) is 5.82 Å². The molecule has 6 nitrogen and oxygen atoms in total. The van der Waals surface area contributed by atoms with Gasteiger partial charge in [-0.05, 0) is 17.9 Å². The quantitative estimate of drug-likeness (QED) is 0.792. The van der Waals surface area contributed by atoms with E-state index in [9.17, 15) is 9.90 Å². The SMILES string of the molecule is CCSc1cccc(NCc2noc(C)n2)c1C(=O)O. The van der Waals surface area contributed by atoms with E-state index in [0.29, 0.717) is 23.9 Å². The predicted molar refractivity (Wildman–Crippen MR) is 76.2 cm³/mol. The number of carbonyl (C=O) groups is 1. The van der Waals surface area contributed by atoms with Gasteiger partial charge in [-0.1, -0.05) is 18.1 Å². The maximum absolute atomic E-state index is 11.4. The molecule has 20 heavy (non-hydrogen) atoms. The average Bonchev–Trinajstić information content (AvgIpc) is 2.82. The van der Waals surface area contributed by atoms with Gasteiger partial charge in [-0.15, -0.1) is 11.8 Å². The lowest BCUT2D eigenvalue weighted by molar-refractivity contribution is 0.0694. The second kappa shape index (κ2) is 6.42. The Hall–Kier alpha value is -2.02. The Labute approximate surface area is 120 Å². The molecule has 0 radical (unpaired) electrons. The van der Waals surface area contributed by atoms with Gasteiger partial charge < -0.3 is 14.9 Å². The number of hydrogen-bond donors (Lipinski definition) is 2. The van der Waals surface area contributed by atoms with Crippen LogP contribution in [0.4, 0.5) is 5.69 Å². The topological polar surface area (TPSA) is 88.3 Å². The molecule has 0 aliphatic carbocycles. The third-order valence-electron chi connectivity index (χ3n) is 2.55.